The van der Waals surface area contributed by atoms with Gasteiger partial charge in [0, 0.05) is 0 Å². The van der Waals surface area contributed by atoms with Crippen LogP contribution in [0.4, 0.5) is 4.79 Å². The number of carbonyl (C=O) groups excluding carboxylic acids is 3. The van der Waals surface area contributed by atoms with E-state index in [0.29, 0.717) is 12.8 Å². The van der Waals surface area contributed by atoms with Gasteiger partial charge in [-0.1, -0.05) is 12.2 Å². The molecular weight excluding hydrogens is 236 g/mol. The number of urea groups is 1. The summed E-state index contributed by atoms with van der Waals surface area (Å²) in [7, 11) is 0. The third-order valence-corrected chi connectivity index (χ3v) is 2.75. The zero-order chi connectivity index (χ0) is 13.7. The monoisotopic (exact) mass is 254 g/mol. The van der Waals surface area contributed by atoms with E-state index in [2.05, 4.69) is 6.58 Å². The number of imide groups is 2. The lowest BCUT2D eigenvalue weighted by molar-refractivity contribution is -0.135. The van der Waals surface area contributed by atoms with Gasteiger partial charge in [0.05, 0.1) is 6.10 Å². The molecule has 1 heterocycles. The Morgan fingerprint density at radius 3 is 2.39 bits per heavy atom. The molecule has 6 heteroatoms. The van der Waals surface area contributed by atoms with Crippen LogP contribution in [0, 0.1) is 5.92 Å². The Bertz CT molecular complexity index is 356. The van der Waals surface area contributed by atoms with E-state index in [9.17, 15) is 14.4 Å². The van der Waals surface area contributed by atoms with Crippen molar-refractivity contribution in [3.8, 4) is 0 Å². The Kier molecular flexibility index (Phi) is 5.03. The maximum Gasteiger partial charge on any atom is 0.328 e. The van der Waals surface area contributed by atoms with Crippen molar-refractivity contribution in [2.45, 2.75) is 38.7 Å². The second-order valence-electron chi connectivity index (χ2n) is 4.56. The Hall–Kier alpha value is -1.69. The molecule has 0 bridgehead atoms. The van der Waals surface area contributed by atoms with Crippen molar-refractivity contribution in [1.29, 1.82) is 0 Å². The van der Waals surface area contributed by atoms with Crippen LogP contribution in [0.1, 0.15) is 32.6 Å². The van der Waals surface area contributed by atoms with E-state index in [1.54, 1.807) is 6.92 Å². The highest BCUT2D eigenvalue weighted by Crippen LogP contribution is 2.18. The maximum absolute atomic E-state index is 11.5. The predicted octanol–water partition coefficient (Wildman–Crippen LogP) is 0.466. The normalized spacial score (nSPS) is 18.2. The number of aliphatic hydroxyl groups excluding tert-OH is 1. The number of aliphatic hydroxyl groups is 1. The van der Waals surface area contributed by atoms with Gasteiger partial charge >= 0.3 is 6.03 Å². The highest BCUT2D eigenvalue weighted by molar-refractivity contribution is 6.16. The SMILES string of the molecule is C=C(CCCC(C)O)CC1C(=O)NC(=O)NC1=O. The number of amides is 4. The predicted molar refractivity (Wildman–Crippen MR) is 64.5 cm³/mol. The van der Waals surface area contributed by atoms with Crippen molar-refractivity contribution in [3.63, 3.8) is 0 Å². The Balaban J connectivity index is 2.41. The van der Waals surface area contributed by atoms with Crippen molar-refractivity contribution in [2.24, 2.45) is 5.92 Å². The molecule has 1 aliphatic heterocycles. The molecule has 0 spiro atoms. The molecule has 0 saturated carbocycles. The molecule has 1 atom stereocenters. The molecule has 6 nitrogen and oxygen atoms in total. The topological polar surface area (TPSA) is 95.5 Å². The molecule has 18 heavy (non-hydrogen) atoms. The molecule has 4 amide bonds. The van der Waals surface area contributed by atoms with E-state index in [1.165, 1.54) is 0 Å². The number of carbonyl (C=O) groups is 3. The lowest BCUT2D eigenvalue weighted by Crippen LogP contribution is -2.55. The highest BCUT2D eigenvalue weighted by atomic mass is 16.3. The van der Waals surface area contributed by atoms with Crippen LogP contribution in [0.2, 0.25) is 0 Å². The summed E-state index contributed by atoms with van der Waals surface area (Å²) >= 11 is 0. The molecule has 0 aromatic rings. The van der Waals surface area contributed by atoms with Crippen LogP contribution in [0.25, 0.3) is 0 Å². The molecular formula is C12H18N2O4. The van der Waals surface area contributed by atoms with E-state index in [-0.39, 0.29) is 12.5 Å². The molecule has 0 aromatic carbocycles. The van der Waals surface area contributed by atoms with Crippen LogP contribution in [-0.2, 0) is 9.59 Å². The fourth-order valence-electron chi connectivity index (χ4n) is 1.77. The second-order valence-corrected chi connectivity index (χ2v) is 4.56. The van der Waals surface area contributed by atoms with Gasteiger partial charge in [0.1, 0.15) is 5.92 Å². The lowest BCUT2D eigenvalue weighted by Gasteiger charge is -2.21. The number of nitrogens with one attached hydrogen (secondary N) is 2. The summed E-state index contributed by atoms with van der Waals surface area (Å²) < 4.78 is 0. The molecule has 100 valence electrons. The minimum absolute atomic E-state index is 0.227. The maximum atomic E-state index is 11.5. The van der Waals surface area contributed by atoms with Crippen LogP contribution in [0.3, 0.4) is 0 Å². The molecule has 1 unspecified atom stereocenters. The van der Waals surface area contributed by atoms with Crippen LogP contribution < -0.4 is 10.6 Å². The van der Waals surface area contributed by atoms with Crippen molar-refractivity contribution in [1.82, 2.24) is 10.6 Å². The highest BCUT2D eigenvalue weighted by Gasteiger charge is 2.34. The van der Waals surface area contributed by atoms with E-state index in [0.717, 1.165) is 12.0 Å². The summed E-state index contributed by atoms with van der Waals surface area (Å²) in [6.07, 6.45) is 1.92. The van der Waals surface area contributed by atoms with Gasteiger partial charge in [0.25, 0.3) is 0 Å². The third-order valence-electron chi connectivity index (χ3n) is 2.75. The number of rotatable bonds is 6. The molecule has 0 aromatic heterocycles. The molecule has 1 rings (SSSR count). The minimum atomic E-state index is -0.887. The van der Waals surface area contributed by atoms with Crippen molar-refractivity contribution in [3.05, 3.63) is 12.2 Å². The fourth-order valence-corrected chi connectivity index (χ4v) is 1.77. The summed E-state index contributed by atoms with van der Waals surface area (Å²) in [6, 6.07) is -0.777. The first-order valence-electron chi connectivity index (χ1n) is 5.90. The first-order chi connectivity index (χ1) is 8.40. The van der Waals surface area contributed by atoms with Gasteiger partial charge in [-0.05, 0) is 32.6 Å². The Morgan fingerprint density at radius 2 is 1.89 bits per heavy atom. The van der Waals surface area contributed by atoms with Gasteiger partial charge in [-0.3, -0.25) is 20.2 Å². The average molecular weight is 254 g/mol. The summed E-state index contributed by atoms with van der Waals surface area (Å²) in [5.41, 5.74) is 0.764. The zero-order valence-corrected chi connectivity index (χ0v) is 10.4. The van der Waals surface area contributed by atoms with Crippen LogP contribution in [0.5, 0.6) is 0 Å². The van der Waals surface area contributed by atoms with Crippen molar-refractivity contribution in [2.75, 3.05) is 0 Å². The van der Waals surface area contributed by atoms with E-state index >= 15 is 0 Å². The number of barbiturate groups is 1. The number of hydrogen-bond acceptors (Lipinski definition) is 4. The average Bonchev–Trinajstić information content (AvgIpc) is 2.22. The molecule has 1 aliphatic rings. The standard InChI is InChI=1S/C12H18N2O4/c1-7(4-3-5-8(2)15)6-9-10(16)13-12(18)14-11(9)17/h8-9,15H,1,3-6H2,2H3,(H2,13,14,16,17,18). The van der Waals surface area contributed by atoms with Crippen LogP contribution >= 0.6 is 0 Å². The molecule has 0 radical (unpaired) electrons. The van der Waals surface area contributed by atoms with Gasteiger partial charge in [0.15, 0.2) is 0 Å². The van der Waals surface area contributed by atoms with Gasteiger partial charge in [-0.15, -0.1) is 0 Å². The second kappa shape index (κ2) is 6.30. The van der Waals surface area contributed by atoms with Gasteiger partial charge in [-0.2, -0.15) is 0 Å². The molecule has 3 N–H and O–H groups in total. The first kappa shape index (κ1) is 14.4. The largest absolute Gasteiger partial charge is 0.393 e. The number of hydrogen-bond donors (Lipinski definition) is 3. The summed E-state index contributed by atoms with van der Waals surface area (Å²) in [5.74, 6) is -2.05. The summed E-state index contributed by atoms with van der Waals surface area (Å²) in [5, 5.41) is 13.2. The van der Waals surface area contributed by atoms with Crippen molar-refractivity contribution >= 4 is 17.8 Å². The zero-order valence-electron chi connectivity index (χ0n) is 10.4. The fraction of sp³-hybridized carbons (Fsp3) is 0.583. The van der Waals surface area contributed by atoms with Gasteiger partial charge in [-0.25, -0.2) is 4.79 Å². The van der Waals surface area contributed by atoms with Gasteiger partial charge < -0.3 is 5.11 Å². The Labute approximate surface area is 105 Å². The van der Waals surface area contributed by atoms with Crippen LogP contribution in [0.15, 0.2) is 12.2 Å². The molecule has 1 saturated heterocycles. The quantitative estimate of drug-likeness (QED) is 0.474. The smallest absolute Gasteiger partial charge is 0.328 e. The lowest BCUT2D eigenvalue weighted by atomic mass is 9.94. The number of allylic oxidation sites excluding steroid dienone is 1. The Morgan fingerprint density at radius 1 is 1.33 bits per heavy atom. The summed E-state index contributed by atoms with van der Waals surface area (Å²) in [6.45, 7) is 5.51. The van der Waals surface area contributed by atoms with E-state index in [4.69, 9.17) is 5.11 Å². The first-order valence-corrected chi connectivity index (χ1v) is 5.90. The molecule has 0 aliphatic carbocycles. The van der Waals surface area contributed by atoms with Crippen molar-refractivity contribution < 1.29 is 19.5 Å². The third kappa shape index (κ3) is 4.29. The minimum Gasteiger partial charge on any atom is -0.393 e. The van der Waals surface area contributed by atoms with Crippen LogP contribution in [-0.4, -0.2) is 29.1 Å². The van der Waals surface area contributed by atoms with E-state index in [1.807, 2.05) is 10.6 Å². The van der Waals surface area contributed by atoms with E-state index < -0.39 is 23.8 Å². The molecule has 1 fully saturated rings. The summed E-state index contributed by atoms with van der Waals surface area (Å²) in [4.78, 5) is 33.8. The van der Waals surface area contributed by atoms with Gasteiger partial charge in [0.2, 0.25) is 11.8 Å².